The van der Waals surface area contributed by atoms with Crippen LogP contribution in [0.2, 0.25) is 0 Å². The van der Waals surface area contributed by atoms with Gasteiger partial charge in [0.25, 0.3) is 0 Å². The summed E-state index contributed by atoms with van der Waals surface area (Å²) in [7, 11) is 0. The van der Waals surface area contributed by atoms with E-state index >= 15 is 0 Å². The summed E-state index contributed by atoms with van der Waals surface area (Å²) >= 11 is 0. The molecule has 0 spiro atoms. The maximum atomic E-state index is 11.2. The van der Waals surface area contributed by atoms with Crippen molar-refractivity contribution >= 4 is 5.78 Å². The molecule has 3 nitrogen and oxygen atoms in total. The van der Waals surface area contributed by atoms with Crippen molar-refractivity contribution in [3.8, 4) is 11.5 Å². The Bertz CT molecular complexity index is 429. The molecule has 0 saturated carbocycles. The third kappa shape index (κ3) is 3.29. The second-order valence-electron chi connectivity index (χ2n) is 4.24. The van der Waals surface area contributed by atoms with Crippen molar-refractivity contribution in [1.29, 1.82) is 0 Å². The summed E-state index contributed by atoms with van der Waals surface area (Å²) in [5.74, 6) is 1.76. The van der Waals surface area contributed by atoms with Crippen LogP contribution < -0.4 is 9.47 Å². The van der Waals surface area contributed by atoms with Crippen molar-refractivity contribution in [2.75, 3.05) is 6.79 Å². The van der Waals surface area contributed by atoms with E-state index in [4.69, 9.17) is 9.47 Å². The molecule has 0 bridgehead atoms. The number of ketones is 1. The molecule has 1 unspecified atom stereocenters. The number of ether oxygens (including phenoxy) is 2. The van der Waals surface area contributed by atoms with Gasteiger partial charge in [0, 0.05) is 38.6 Å². The number of benzene rings is 1. The van der Waals surface area contributed by atoms with Gasteiger partial charge in [-0.05, 0) is 13.3 Å². The smallest absolute Gasteiger partial charge is 0.215 e. The van der Waals surface area contributed by atoms with Crippen LogP contribution in [-0.2, 0) is 43.9 Å². The summed E-state index contributed by atoms with van der Waals surface area (Å²) in [5.41, 5.74) is 1.95. The van der Waals surface area contributed by atoms with E-state index in [-0.39, 0.29) is 51.2 Å². The molecule has 1 aliphatic rings. The first-order valence-electron chi connectivity index (χ1n) is 5.39. The fourth-order valence-corrected chi connectivity index (χ4v) is 1.76. The third-order valence-corrected chi connectivity index (χ3v) is 2.86. The van der Waals surface area contributed by atoms with Crippen LogP contribution in [0.4, 0.5) is 0 Å². The Balaban J connectivity index is 0.00000144. The van der Waals surface area contributed by atoms with E-state index in [1.54, 1.807) is 6.92 Å². The summed E-state index contributed by atoms with van der Waals surface area (Å²) in [4.78, 5) is 11.2. The molecule has 1 atom stereocenters. The van der Waals surface area contributed by atoms with Gasteiger partial charge in [0.05, 0.1) is 11.5 Å². The van der Waals surface area contributed by atoms with Gasteiger partial charge in [0.2, 0.25) is 6.79 Å². The second-order valence-corrected chi connectivity index (χ2v) is 4.24. The van der Waals surface area contributed by atoms with Gasteiger partial charge in [0.15, 0.2) is 0 Å². The zero-order valence-electron chi connectivity index (χ0n) is 10.4. The molecule has 0 saturated heterocycles. The topological polar surface area (TPSA) is 35.5 Å². The summed E-state index contributed by atoms with van der Waals surface area (Å²) < 4.78 is 10.7. The fraction of sp³-hybridized carbons (Fsp3) is 0.462. The third-order valence-electron chi connectivity index (χ3n) is 2.86. The SMILES string of the molecule is CC(=O)C(C)Cc1[c-]c(C)c2c(c1)OCO2.[Y]. The van der Waals surface area contributed by atoms with Crippen molar-refractivity contribution in [2.45, 2.75) is 27.2 Å². The van der Waals surface area contributed by atoms with Crippen molar-refractivity contribution in [1.82, 2.24) is 0 Å². The van der Waals surface area contributed by atoms with E-state index in [9.17, 15) is 4.79 Å². The minimum absolute atomic E-state index is 0. The molecule has 1 aromatic carbocycles. The molecule has 4 heteroatoms. The number of hydrogen-bond acceptors (Lipinski definition) is 3. The van der Waals surface area contributed by atoms with E-state index in [0.717, 1.165) is 22.6 Å². The van der Waals surface area contributed by atoms with Gasteiger partial charge < -0.3 is 9.47 Å². The van der Waals surface area contributed by atoms with E-state index in [1.807, 2.05) is 19.9 Å². The monoisotopic (exact) mass is 308 g/mol. The molecule has 0 aromatic heterocycles. The minimum atomic E-state index is 0. The molecular formula is C13H15O3Y-. The van der Waals surface area contributed by atoms with Crippen molar-refractivity contribution < 1.29 is 47.0 Å². The average molecular weight is 308 g/mol. The molecule has 0 N–H and O–H groups in total. The molecule has 1 aromatic rings. The van der Waals surface area contributed by atoms with Crippen LogP contribution in [0.5, 0.6) is 11.5 Å². The number of rotatable bonds is 3. The molecule has 1 radical (unpaired) electrons. The maximum absolute atomic E-state index is 11.2. The van der Waals surface area contributed by atoms with Gasteiger partial charge in [0.1, 0.15) is 5.78 Å². The molecular weight excluding hydrogens is 293 g/mol. The fourth-order valence-electron chi connectivity index (χ4n) is 1.76. The number of aryl methyl sites for hydroxylation is 1. The standard InChI is InChI=1S/C13H15O3.Y/c1-8(10(3)14)4-11-5-9(2)13-12(6-11)15-7-16-13;/h6,8H,4,7H2,1-3H3;/q-1;. The predicted octanol–water partition coefficient (Wildman–Crippen LogP) is 2.29. The van der Waals surface area contributed by atoms with Crippen LogP contribution in [0.3, 0.4) is 0 Å². The van der Waals surface area contributed by atoms with Crippen LogP contribution in [0, 0.1) is 18.9 Å². The quantitative estimate of drug-likeness (QED) is 0.804. The van der Waals surface area contributed by atoms with Crippen molar-refractivity contribution in [3.05, 3.63) is 23.3 Å². The number of carbonyl (C=O) groups is 1. The molecule has 0 fully saturated rings. The molecule has 0 aliphatic carbocycles. The molecule has 17 heavy (non-hydrogen) atoms. The Morgan fingerprint density at radius 3 is 2.88 bits per heavy atom. The zero-order valence-corrected chi connectivity index (χ0v) is 13.2. The van der Waals surface area contributed by atoms with Gasteiger partial charge in [-0.1, -0.05) is 13.8 Å². The first-order valence-corrected chi connectivity index (χ1v) is 5.39. The van der Waals surface area contributed by atoms with Crippen LogP contribution in [0.1, 0.15) is 25.0 Å². The van der Waals surface area contributed by atoms with Gasteiger partial charge in [-0.3, -0.25) is 4.79 Å². The van der Waals surface area contributed by atoms with Gasteiger partial charge >= 0.3 is 0 Å². The Labute approximate surface area is 127 Å². The Morgan fingerprint density at radius 1 is 1.53 bits per heavy atom. The van der Waals surface area contributed by atoms with Gasteiger partial charge in [-0.25, -0.2) is 0 Å². The van der Waals surface area contributed by atoms with E-state index in [1.165, 1.54) is 0 Å². The van der Waals surface area contributed by atoms with Gasteiger partial charge in [-0.2, -0.15) is 11.6 Å². The van der Waals surface area contributed by atoms with Crippen LogP contribution in [0.15, 0.2) is 6.07 Å². The largest absolute Gasteiger partial charge is 0.516 e. The van der Waals surface area contributed by atoms with E-state index < -0.39 is 0 Å². The maximum Gasteiger partial charge on any atom is 0.215 e. The van der Waals surface area contributed by atoms with Gasteiger partial charge in [-0.15, -0.1) is 11.6 Å². The minimum Gasteiger partial charge on any atom is -0.516 e. The normalized spacial score (nSPS) is 14.1. The molecule has 1 heterocycles. The summed E-state index contributed by atoms with van der Waals surface area (Å²) in [6, 6.07) is 5.15. The molecule has 1 aliphatic heterocycles. The Hall–Kier alpha value is -0.406. The Morgan fingerprint density at radius 2 is 2.24 bits per heavy atom. The number of hydrogen-bond donors (Lipinski definition) is 0. The van der Waals surface area contributed by atoms with E-state index in [0.29, 0.717) is 6.42 Å². The van der Waals surface area contributed by atoms with E-state index in [2.05, 4.69) is 6.07 Å². The predicted molar refractivity (Wildman–Crippen MR) is 59.7 cm³/mol. The molecule has 89 valence electrons. The van der Waals surface area contributed by atoms with Crippen molar-refractivity contribution in [2.24, 2.45) is 5.92 Å². The van der Waals surface area contributed by atoms with Crippen molar-refractivity contribution in [3.63, 3.8) is 0 Å². The van der Waals surface area contributed by atoms with Crippen LogP contribution in [-0.4, -0.2) is 12.6 Å². The number of fused-ring (bicyclic) bond motifs is 1. The summed E-state index contributed by atoms with van der Waals surface area (Å²) in [5, 5.41) is 0. The Kier molecular flexibility index (Phi) is 5.14. The van der Waals surface area contributed by atoms with Crippen LogP contribution >= 0.6 is 0 Å². The number of Topliss-reactive ketones (excluding diaryl/α,β-unsaturated/α-hetero) is 1. The molecule has 0 amide bonds. The molecule has 2 rings (SSSR count). The second kappa shape index (κ2) is 5.97. The average Bonchev–Trinajstić information content (AvgIpc) is 2.65. The van der Waals surface area contributed by atoms with Crippen LogP contribution in [0.25, 0.3) is 0 Å². The first kappa shape index (κ1) is 14.7. The number of carbonyl (C=O) groups excluding carboxylic acids is 1. The summed E-state index contributed by atoms with van der Waals surface area (Å²) in [6.07, 6.45) is 0.701. The first-order chi connectivity index (χ1) is 7.58. The summed E-state index contributed by atoms with van der Waals surface area (Å²) in [6.45, 7) is 5.76. The zero-order chi connectivity index (χ0) is 11.7.